The van der Waals surface area contributed by atoms with Crippen LogP contribution in [0.5, 0.6) is 0 Å². The average Bonchev–Trinajstić information content (AvgIpc) is 2.75. The number of piperazine rings is 1. The fourth-order valence-corrected chi connectivity index (χ4v) is 3.64. The third-order valence-corrected chi connectivity index (χ3v) is 4.79. The summed E-state index contributed by atoms with van der Waals surface area (Å²) in [6, 6.07) is 2.23. The predicted molar refractivity (Wildman–Crippen MR) is 82.6 cm³/mol. The van der Waals surface area contributed by atoms with Gasteiger partial charge in [0.1, 0.15) is 0 Å². The van der Waals surface area contributed by atoms with Gasteiger partial charge in [0.15, 0.2) is 0 Å². The van der Waals surface area contributed by atoms with Gasteiger partial charge in [-0.05, 0) is 53.5 Å². The SMILES string of the molecule is CCC(CNC(C)(C)C)N1CC2CCCN2CC1C. The van der Waals surface area contributed by atoms with Gasteiger partial charge in [-0.15, -0.1) is 0 Å². The van der Waals surface area contributed by atoms with E-state index in [1.165, 1.54) is 38.9 Å². The molecule has 2 aliphatic rings. The number of nitrogens with zero attached hydrogens (tertiary/aromatic N) is 2. The lowest BCUT2D eigenvalue weighted by Crippen LogP contribution is -2.60. The number of hydrogen-bond acceptors (Lipinski definition) is 3. The van der Waals surface area contributed by atoms with Gasteiger partial charge in [-0.1, -0.05) is 6.92 Å². The molecule has 0 amide bonds. The van der Waals surface area contributed by atoms with E-state index in [9.17, 15) is 0 Å². The van der Waals surface area contributed by atoms with Crippen molar-refractivity contribution in [3.05, 3.63) is 0 Å². The summed E-state index contributed by atoms with van der Waals surface area (Å²) >= 11 is 0. The van der Waals surface area contributed by atoms with Gasteiger partial charge in [-0.2, -0.15) is 0 Å². The smallest absolute Gasteiger partial charge is 0.0224 e. The Balaban J connectivity index is 1.93. The number of nitrogens with one attached hydrogen (secondary N) is 1. The highest BCUT2D eigenvalue weighted by atomic mass is 15.3. The quantitative estimate of drug-likeness (QED) is 0.843. The van der Waals surface area contributed by atoms with Gasteiger partial charge in [-0.25, -0.2) is 0 Å². The van der Waals surface area contributed by atoms with E-state index in [0.29, 0.717) is 12.1 Å². The van der Waals surface area contributed by atoms with Crippen LogP contribution in [-0.2, 0) is 0 Å². The summed E-state index contributed by atoms with van der Waals surface area (Å²) in [5.41, 5.74) is 0.228. The maximum atomic E-state index is 3.70. The molecule has 1 N–H and O–H groups in total. The molecule has 2 rings (SSSR count). The standard InChI is InChI=1S/C16H33N3/c1-6-14(10-17-16(3,4)5)19-12-15-8-7-9-18(15)11-13(19)2/h13-15,17H,6-12H2,1-5H3. The van der Waals surface area contributed by atoms with E-state index in [1.54, 1.807) is 0 Å². The van der Waals surface area contributed by atoms with Crippen molar-refractivity contribution in [2.75, 3.05) is 26.2 Å². The Morgan fingerprint density at radius 3 is 2.63 bits per heavy atom. The van der Waals surface area contributed by atoms with Crippen LogP contribution in [0.25, 0.3) is 0 Å². The van der Waals surface area contributed by atoms with Crippen molar-refractivity contribution >= 4 is 0 Å². The molecule has 3 nitrogen and oxygen atoms in total. The highest BCUT2D eigenvalue weighted by Gasteiger charge is 2.36. The molecule has 2 fully saturated rings. The topological polar surface area (TPSA) is 18.5 Å². The average molecular weight is 267 g/mol. The van der Waals surface area contributed by atoms with Gasteiger partial charge in [0.05, 0.1) is 0 Å². The van der Waals surface area contributed by atoms with Crippen LogP contribution in [0.15, 0.2) is 0 Å². The van der Waals surface area contributed by atoms with E-state index in [2.05, 4.69) is 49.7 Å². The first-order chi connectivity index (χ1) is 8.90. The summed E-state index contributed by atoms with van der Waals surface area (Å²) in [6.45, 7) is 16.5. The lowest BCUT2D eigenvalue weighted by molar-refractivity contribution is 0.0249. The molecule has 3 atom stereocenters. The van der Waals surface area contributed by atoms with Crippen molar-refractivity contribution in [2.24, 2.45) is 0 Å². The van der Waals surface area contributed by atoms with Crippen molar-refractivity contribution in [3.8, 4) is 0 Å². The number of rotatable bonds is 4. The molecular weight excluding hydrogens is 234 g/mol. The minimum Gasteiger partial charge on any atom is -0.311 e. The third-order valence-electron chi connectivity index (χ3n) is 4.79. The monoisotopic (exact) mass is 267 g/mol. The second-order valence-corrected chi connectivity index (χ2v) is 7.53. The van der Waals surface area contributed by atoms with Gasteiger partial charge >= 0.3 is 0 Å². The van der Waals surface area contributed by atoms with E-state index in [1.807, 2.05) is 0 Å². The molecular formula is C16H33N3. The molecule has 0 aromatic carbocycles. The van der Waals surface area contributed by atoms with E-state index in [4.69, 9.17) is 0 Å². The summed E-state index contributed by atoms with van der Waals surface area (Å²) in [7, 11) is 0. The number of fused-ring (bicyclic) bond motifs is 1. The van der Waals surface area contributed by atoms with Crippen LogP contribution in [-0.4, -0.2) is 59.6 Å². The van der Waals surface area contributed by atoms with E-state index >= 15 is 0 Å². The maximum Gasteiger partial charge on any atom is 0.0224 e. The lowest BCUT2D eigenvalue weighted by atomic mass is 10.0. The third kappa shape index (κ3) is 3.93. The van der Waals surface area contributed by atoms with E-state index < -0.39 is 0 Å². The molecule has 2 aliphatic heterocycles. The Hall–Kier alpha value is -0.120. The van der Waals surface area contributed by atoms with Crippen molar-refractivity contribution in [1.29, 1.82) is 0 Å². The Kier molecular flexibility index (Phi) is 4.91. The Morgan fingerprint density at radius 1 is 1.26 bits per heavy atom. The molecule has 0 aliphatic carbocycles. The molecule has 0 spiro atoms. The Bertz CT molecular complexity index is 284. The molecule has 0 saturated carbocycles. The summed E-state index contributed by atoms with van der Waals surface area (Å²) in [4.78, 5) is 5.48. The van der Waals surface area contributed by atoms with Crippen LogP contribution in [0.4, 0.5) is 0 Å². The summed E-state index contributed by atoms with van der Waals surface area (Å²) < 4.78 is 0. The second kappa shape index (κ2) is 6.11. The van der Waals surface area contributed by atoms with Gasteiger partial charge in [0.2, 0.25) is 0 Å². The van der Waals surface area contributed by atoms with Crippen molar-refractivity contribution in [2.45, 2.75) is 77.5 Å². The first-order valence-electron chi connectivity index (χ1n) is 8.15. The second-order valence-electron chi connectivity index (χ2n) is 7.53. The normalized spacial score (nSPS) is 31.4. The molecule has 0 aromatic heterocycles. The molecule has 19 heavy (non-hydrogen) atoms. The number of hydrogen-bond donors (Lipinski definition) is 1. The fraction of sp³-hybridized carbons (Fsp3) is 1.00. The van der Waals surface area contributed by atoms with Crippen LogP contribution in [0.3, 0.4) is 0 Å². The first-order valence-corrected chi connectivity index (χ1v) is 8.15. The zero-order valence-corrected chi connectivity index (χ0v) is 13.6. The summed E-state index contributed by atoms with van der Waals surface area (Å²) in [5.74, 6) is 0. The predicted octanol–water partition coefficient (Wildman–Crippen LogP) is 2.32. The Morgan fingerprint density at radius 2 is 2.00 bits per heavy atom. The molecule has 0 bridgehead atoms. The summed E-state index contributed by atoms with van der Waals surface area (Å²) in [5, 5.41) is 3.70. The van der Waals surface area contributed by atoms with Gasteiger partial charge < -0.3 is 5.32 Å². The molecule has 0 aromatic rings. The van der Waals surface area contributed by atoms with E-state index in [0.717, 1.165) is 12.6 Å². The molecule has 2 saturated heterocycles. The molecule has 3 heteroatoms. The van der Waals surface area contributed by atoms with Crippen LogP contribution >= 0.6 is 0 Å². The van der Waals surface area contributed by atoms with Crippen molar-refractivity contribution < 1.29 is 0 Å². The summed E-state index contributed by atoms with van der Waals surface area (Å²) in [6.07, 6.45) is 4.06. The molecule has 3 unspecified atom stereocenters. The molecule has 0 radical (unpaired) electrons. The van der Waals surface area contributed by atoms with Gasteiger partial charge in [0.25, 0.3) is 0 Å². The van der Waals surface area contributed by atoms with Crippen LogP contribution in [0.2, 0.25) is 0 Å². The lowest BCUT2D eigenvalue weighted by Gasteiger charge is -2.46. The van der Waals surface area contributed by atoms with Gasteiger partial charge in [0, 0.05) is 43.3 Å². The minimum atomic E-state index is 0.228. The zero-order valence-electron chi connectivity index (χ0n) is 13.6. The largest absolute Gasteiger partial charge is 0.311 e. The van der Waals surface area contributed by atoms with Crippen LogP contribution in [0, 0.1) is 0 Å². The fourth-order valence-electron chi connectivity index (χ4n) is 3.64. The Labute approximate surface area is 119 Å². The van der Waals surface area contributed by atoms with E-state index in [-0.39, 0.29) is 5.54 Å². The van der Waals surface area contributed by atoms with Crippen molar-refractivity contribution in [3.63, 3.8) is 0 Å². The van der Waals surface area contributed by atoms with Gasteiger partial charge in [-0.3, -0.25) is 9.80 Å². The van der Waals surface area contributed by atoms with Crippen LogP contribution < -0.4 is 5.32 Å². The molecule has 2 heterocycles. The molecule has 112 valence electrons. The zero-order chi connectivity index (χ0) is 14.0. The van der Waals surface area contributed by atoms with Crippen LogP contribution in [0.1, 0.15) is 53.9 Å². The highest BCUT2D eigenvalue weighted by Crippen LogP contribution is 2.26. The maximum absolute atomic E-state index is 3.70. The first kappa shape index (κ1) is 15.3. The minimum absolute atomic E-state index is 0.228. The van der Waals surface area contributed by atoms with Crippen molar-refractivity contribution in [1.82, 2.24) is 15.1 Å². The highest BCUT2D eigenvalue weighted by molar-refractivity contribution is 4.93.